The Balaban J connectivity index is 1.72. The van der Waals surface area contributed by atoms with Crippen LogP contribution in [-0.4, -0.2) is 22.4 Å². The van der Waals surface area contributed by atoms with Crippen LogP contribution in [0.2, 0.25) is 5.02 Å². The number of halogens is 1. The molecule has 1 atom stereocenters. The molecule has 1 unspecified atom stereocenters. The summed E-state index contributed by atoms with van der Waals surface area (Å²) in [6, 6.07) is 8.49. The molecular formula is C15H20ClN3. The smallest absolute Gasteiger partial charge is 0.0534 e. The topological polar surface area (TPSA) is 29.9 Å². The summed E-state index contributed by atoms with van der Waals surface area (Å²) in [4.78, 5) is 0. The maximum Gasteiger partial charge on any atom is 0.0534 e. The minimum absolute atomic E-state index is 0.442. The zero-order valence-electron chi connectivity index (χ0n) is 11.4. The van der Waals surface area contributed by atoms with Crippen LogP contribution in [0.4, 0.5) is 0 Å². The van der Waals surface area contributed by atoms with Gasteiger partial charge in [0.2, 0.25) is 0 Å². The van der Waals surface area contributed by atoms with E-state index in [1.807, 2.05) is 23.0 Å². The molecule has 1 heterocycles. The molecule has 4 heteroatoms. The van der Waals surface area contributed by atoms with Crippen molar-refractivity contribution < 1.29 is 0 Å². The predicted octanol–water partition coefficient (Wildman–Crippen LogP) is 3.07. The van der Waals surface area contributed by atoms with Gasteiger partial charge in [0.15, 0.2) is 0 Å². The summed E-state index contributed by atoms with van der Waals surface area (Å²) >= 11 is 5.88. The fourth-order valence-corrected chi connectivity index (χ4v) is 2.19. The first-order valence-corrected chi connectivity index (χ1v) is 6.98. The summed E-state index contributed by atoms with van der Waals surface area (Å²) in [6.45, 7) is 6.08. The first-order chi connectivity index (χ1) is 9.13. The van der Waals surface area contributed by atoms with Gasteiger partial charge in [-0.3, -0.25) is 4.68 Å². The summed E-state index contributed by atoms with van der Waals surface area (Å²) in [5.41, 5.74) is 2.51. The van der Waals surface area contributed by atoms with E-state index in [0.717, 1.165) is 24.5 Å². The summed E-state index contributed by atoms with van der Waals surface area (Å²) < 4.78 is 1.97. The minimum atomic E-state index is 0.442. The third-order valence-corrected chi connectivity index (χ3v) is 3.30. The van der Waals surface area contributed by atoms with E-state index < -0.39 is 0 Å². The first-order valence-electron chi connectivity index (χ1n) is 6.60. The zero-order valence-corrected chi connectivity index (χ0v) is 12.2. The summed E-state index contributed by atoms with van der Waals surface area (Å²) in [7, 11) is 0. The Labute approximate surface area is 119 Å². The standard InChI is InChI=1S/C15H20ClN3/c1-12-10-18-19(11-12)8-7-17-13(2)9-14-3-5-15(16)6-4-14/h3-6,10-11,13,17H,7-9H2,1-2H3. The number of nitrogens with zero attached hydrogens (tertiary/aromatic N) is 2. The molecule has 0 amide bonds. The van der Waals surface area contributed by atoms with Gasteiger partial charge < -0.3 is 5.32 Å². The molecule has 0 saturated heterocycles. The van der Waals surface area contributed by atoms with Gasteiger partial charge >= 0.3 is 0 Å². The molecule has 19 heavy (non-hydrogen) atoms. The van der Waals surface area contributed by atoms with Crippen molar-refractivity contribution in [2.75, 3.05) is 6.54 Å². The summed E-state index contributed by atoms with van der Waals surface area (Å²) in [6.07, 6.45) is 4.96. The van der Waals surface area contributed by atoms with Crippen molar-refractivity contribution in [3.63, 3.8) is 0 Å². The Bertz CT molecular complexity index is 504. The van der Waals surface area contributed by atoms with E-state index in [9.17, 15) is 0 Å². The minimum Gasteiger partial charge on any atom is -0.312 e. The maximum absolute atomic E-state index is 5.88. The Hall–Kier alpha value is -1.32. The molecule has 1 aromatic carbocycles. The fourth-order valence-electron chi connectivity index (χ4n) is 2.06. The van der Waals surface area contributed by atoms with Gasteiger partial charge in [-0.15, -0.1) is 0 Å². The van der Waals surface area contributed by atoms with Gasteiger partial charge in [0.25, 0.3) is 0 Å². The molecule has 2 aromatic rings. The predicted molar refractivity (Wildman–Crippen MR) is 79.6 cm³/mol. The average molecular weight is 278 g/mol. The SMILES string of the molecule is Cc1cnn(CCNC(C)Cc2ccc(Cl)cc2)c1. The highest BCUT2D eigenvalue weighted by Crippen LogP contribution is 2.10. The number of aryl methyl sites for hydroxylation is 1. The molecule has 0 aliphatic rings. The lowest BCUT2D eigenvalue weighted by atomic mass is 10.1. The monoisotopic (exact) mass is 277 g/mol. The van der Waals surface area contributed by atoms with Crippen LogP contribution in [-0.2, 0) is 13.0 Å². The molecule has 0 fully saturated rings. The average Bonchev–Trinajstić information content (AvgIpc) is 2.78. The van der Waals surface area contributed by atoms with E-state index in [-0.39, 0.29) is 0 Å². The fraction of sp³-hybridized carbons (Fsp3) is 0.400. The number of nitrogens with one attached hydrogen (secondary N) is 1. The first kappa shape index (κ1) is 14.1. The van der Waals surface area contributed by atoms with Crippen LogP contribution in [0.3, 0.4) is 0 Å². The Kier molecular flexibility index (Phi) is 5.00. The van der Waals surface area contributed by atoms with Crippen molar-refractivity contribution >= 4 is 11.6 Å². The molecule has 0 radical (unpaired) electrons. The normalized spacial score (nSPS) is 12.6. The van der Waals surface area contributed by atoms with Crippen LogP contribution >= 0.6 is 11.6 Å². The van der Waals surface area contributed by atoms with Crippen LogP contribution in [0, 0.1) is 6.92 Å². The molecule has 0 aliphatic heterocycles. The van der Waals surface area contributed by atoms with Crippen molar-refractivity contribution in [2.45, 2.75) is 32.9 Å². The van der Waals surface area contributed by atoms with Gasteiger partial charge in [-0.05, 0) is 43.5 Å². The Morgan fingerprint density at radius 2 is 2.05 bits per heavy atom. The molecule has 0 spiro atoms. The molecular weight excluding hydrogens is 258 g/mol. The van der Waals surface area contributed by atoms with Crippen LogP contribution < -0.4 is 5.32 Å². The van der Waals surface area contributed by atoms with Gasteiger partial charge in [-0.1, -0.05) is 23.7 Å². The van der Waals surface area contributed by atoms with Crippen LogP contribution in [0.15, 0.2) is 36.7 Å². The van der Waals surface area contributed by atoms with Crippen LogP contribution in [0.1, 0.15) is 18.1 Å². The highest BCUT2D eigenvalue weighted by molar-refractivity contribution is 6.30. The molecule has 0 bridgehead atoms. The van der Waals surface area contributed by atoms with E-state index in [4.69, 9.17) is 11.6 Å². The number of aromatic nitrogens is 2. The highest BCUT2D eigenvalue weighted by atomic mass is 35.5. The lowest BCUT2D eigenvalue weighted by Gasteiger charge is -2.14. The van der Waals surface area contributed by atoms with Gasteiger partial charge in [0.05, 0.1) is 12.7 Å². The third kappa shape index (κ3) is 4.69. The van der Waals surface area contributed by atoms with Crippen molar-refractivity contribution in [1.82, 2.24) is 15.1 Å². The number of rotatable bonds is 6. The van der Waals surface area contributed by atoms with E-state index in [2.05, 4.69) is 42.6 Å². The second-order valence-corrected chi connectivity index (χ2v) is 5.40. The van der Waals surface area contributed by atoms with Gasteiger partial charge in [0.1, 0.15) is 0 Å². The van der Waals surface area contributed by atoms with Crippen molar-refractivity contribution in [2.24, 2.45) is 0 Å². The summed E-state index contributed by atoms with van der Waals surface area (Å²) in [5.74, 6) is 0. The lowest BCUT2D eigenvalue weighted by molar-refractivity contribution is 0.493. The summed E-state index contributed by atoms with van der Waals surface area (Å²) in [5, 5.41) is 8.57. The Morgan fingerprint density at radius 1 is 1.32 bits per heavy atom. The second kappa shape index (κ2) is 6.73. The van der Waals surface area contributed by atoms with E-state index in [0.29, 0.717) is 6.04 Å². The largest absolute Gasteiger partial charge is 0.312 e. The van der Waals surface area contributed by atoms with E-state index in [1.54, 1.807) is 0 Å². The number of hydrogen-bond donors (Lipinski definition) is 1. The number of hydrogen-bond acceptors (Lipinski definition) is 2. The van der Waals surface area contributed by atoms with Crippen LogP contribution in [0.5, 0.6) is 0 Å². The number of benzene rings is 1. The molecule has 0 aliphatic carbocycles. The van der Waals surface area contributed by atoms with Crippen molar-refractivity contribution in [3.8, 4) is 0 Å². The molecule has 0 saturated carbocycles. The van der Waals surface area contributed by atoms with Gasteiger partial charge in [0, 0.05) is 23.8 Å². The van der Waals surface area contributed by atoms with Crippen LogP contribution in [0.25, 0.3) is 0 Å². The zero-order chi connectivity index (χ0) is 13.7. The van der Waals surface area contributed by atoms with E-state index in [1.165, 1.54) is 11.1 Å². The maximum atomic E-state index is 5.88. The quantitative estimate of drug-likeness (QED) is 0.879. The molecule has 102 valence electrons. The van der Waals surface area contributed by atoms with Gasteiger partial charge in [-0.2, -0.15) is 5.10 Å². The van der Waals surface area contributed by atoms with E-state index >= 15 is 0 Å². The van der Waals surface area contributed by atoms with Gasteiger partial charge in [-0.25, -0.2) is 0 Å². The molecule has 3 nitrogen and oxygen atoms in total. The molecule has 1 aromatic heterocycles. The molecule has 1 N–H and O–H groups in total. The highest BCUT2D eigenvalue weighted by Gasteiger charge is 2.03. The lowest BCUT2D eigenvalue weighted by Crippen LogP contribution is -2.31. The molecule has 2 rings (SSSR count). The van der Waals surface area contributed by atoms with Crippen molar-refractivity contribution in [3.05, 3.63) is 52.8 Å². The van der Waals surface area contributed by atoms with Crippen molar-refractivity contribution in [1.29, 1.82) is 0 Å². The third-order valence-electron chi connectivity index (χ3n) is 3.05. The second-order valence-electron chi connectivity index (χ2n) is 4.97. The Morgan fingerprint density at radius 3 is 2.68 bits per heavy atom.